The predicted octanol–water partition coefficient (Wildman–Crippen LogP) is 2.67. The molecule has 9 nitrogen and oxygen atoms in total. The Balaban J connectivity index is 1.51. The summed E-state index contributed by atoms with van der Waals surface area (Å²) in [6, 6.07) is 18.3. The van der Waals surface area contributed by atoms with Crippen LogP contribution in [0.4, 0.5) is 4.39 Å². The van der Waals surface area contributed by atoms with Crippen LogP contribution in [-0.4, -0.2) is 70.8 Å². The van der Waals surface area contributed by atoms with E-state index in [1.54, 1.807) is 55.5 Å². The average Bonchev–Trinajstić information content (AvgIpc) is 3.38. The Labute approximate surface area is 237 Å². The molecule has 3 aromatic rings. The van der Waals surface area contributed by atoms with Crippen molar-refractivity contribution < 1.29 is 33.7 Å². The van der Waals surface area contributed by atoms with Gasteiger partial charge in [-0.05, 0) is 48.7 Å². The zero-order valence-corrected chi connectivity index (χ0v) is 22.9. The first kappa shape index (κ1) is 29.5. The number of benzene rings is 3. The van der Waals surface area contributed by atoms with Crippen molar-refractivity contribution >= 4 is 17.7 Å². The molecule has 0 aliphatic carbocycles. The number of alkyl halides is 1. The van der Waals surface area contributed by atoms with Crippen molar-refractivity contribution in [3.05, 3.63) is 95.1 Å². The molecule has 0 aromatic heterocycles. The molecule has 1 saturated heterocycles. The number of carbonyl (C=O) groups is 3. The lowest BCUT2D eigenvalue weighted by molar-refractivity contribution is -0.146. The minimum absolute atomic E-state index is 0.0669. The molecule has 4 N–H and O–H groups in total. The van der Waals surface area contributed by atoms with Crippen LogP contribution in [0.1, 0.15) is 33.5 Å². The maximum absolute atomic E-state index is 14.6. The lowest BCUT2D eigenvalue weighted by Gasteiger charge is -2.30. The smallest absolute Gasteiger partial charge is 0.254 e. The lowest BCUT2D eigenvalue weighted by atomic mass is 9.98. The molecule has 4 atom stereocenters. The molecule has 4 rings (SSSR count). The van der Waals surface area contributed by atoms with Crippen molar-refractivity contribution in [2.45, 2.75) is 50.7 Å². The number of carbonyl (C=O) groups excluding carboxylic acids is 3. The van der Waals surface area contributed by atoms with E-state index in [0.29, 0.717) is 11.3 Å². The summed E-state index contributed by atoms with van der Waals surface area (Å²) in [5.74, 6) is -1.45. The van der Waals surface area contributed by atoms with Crippen molar-refractivity contribution in [2.24, 2.45) is 0 Å². The molecule has 1 heterocycles. The number of nitrogens with zero attached hydrogens (tertiary/aromatic N) is 1. The van der Waals surface area contributed by atoms with E-state index < -0.39 is 42.1 Å². The number of aromatic hydroxyl groups is 1. The fourth-order valence-corrected chi connectivity index (χ4v) is 4.93. The van der Waals surface area contributed by atoms with Crippen LogP contribution >= 0.6 is 0 Å². The summed E-state index contributed by atoms with van der Waals surface area (Å²) in [6.07, 6.45) is -3.33. The second-order valence-corrected chi connectivity index (χ2v) is 10.1. The van der Waals surface area contributed by atoms with Crippen molar-refractivity contribution in [2.75, 3.05) is 13.7 Å². The van der Waals surface area contributed by atoms with Crippen LogP contribution in [0.5, 0.6) is 11.5 Å². The maximum Gasteiger partial charge on any atom is 0.254 e. The number of phenols is 1. The van der Waals surface area contributed by atoms with Crippen LogP contribution in [0.15, 0.2) is 72.8 Å². The number of methoxy groups -OCH3 is 1. The monoisotopic (exact) mass is 563 g/mol. The minimum atomic E-state index is -1.77. The Kier molecular flexibility index (Phi) is 9.57. The number of hydrogen-bond acceptors (Lipinski definition) is 6. The number of phenolic OH excluding ortho intramolecular Hbond substituents is 1. The number of ether oxygens (including phenoxy) is 1. The van der Waals surface area contributed by atoms with E-state index in [1.165, 1.54) is 25.3 Å². The van der Waals surface area contributed by atoms with Gasteiger partial charge in [-0.1, -0.05) is 48.5 Å². The second kappa shape index (κ2) is 13.3. The number of aliphatic hydroxyl groups is 1. The SMILES string of the molecule is COc1cccc(CNC(=O)[C@H]2C[C@@H](F)CN2C(=O)[C@@H](O)[C@H](Cc2ccccc2)NC(=O)c2cccc(O)c2C)c1. The molecule has 41 heavy (non-hydrogen) atoms. The molecule has 0 radical (unpaired) electrons. The molecule has 1 fully saturated rings. The molecule has 3 amide bonds. The third-order valence-corrected chi connectivity index (χ3v) is 7.24. The number of nitrogens with one attached hydrogen (secondary N) is 2. The van der Waals surface area contributed by atoms with Gasteiger partial charge in [0.05, 0.1) is 19.7 Å². The second-order valence-electron chi connectivity index (χ2n) is 10.1. The van der Waals surface area contributed by atoms with E-state index in [1.807, 2.05) is 6.07 Å². The summed E-state index contributed by atoms with van der Waals surface area (Å²) in [4.78, 5) is 40.8. The molecule has 0 spiro atoms. The maximum atomic E-state index is 14.6. The lowest BCUT2D eigenvalue weighted by Crippen LogP contribution is -2.55. The number of amides is 3. The van der Waals surface area contributed by atoms with Gasteiger partial charge in [-0.2, -0.15) is 0 Å². The normalized spacial score (nSPS) is 17.9. The first-order valence-corrected chi connectivity index (χ1v) is 13.3. The van der Waals surface area contributed by atoms with Crippen LogP contribution in [-0.2, 0) is 22.6 Å². The fourth-order valence-electron chi connectivity index (χ4n) is 4.93. The van der Waals surface area contributed by atoms with Gasteiger partial charge < -0.3 is 30.5 Å². The van der Waals surface area contributed by atoms with Gasteiger partial charge in [-0.3, -0.25) is 14.4 Å². The van der Waals surface area contributed by atoms with Crippen LogP contribution in [0.25, 0.3) is 0 Å². The zero-order valence-electron chi connectivity index (χ0n) is 22.9. The van der Waals surface area contributed by atoms with Gasteiger partial charge in [0.15, 0.2) is 6.10 Å². The standard InChI is InChI=1S/C31H34FN3O6/c1-19-24(12-7-13-27(19)36)29(38)34-25(15-20-8-4-3-5-9-20)28(37)31(40)35-18-22(32)16-26(35)30(39)33-17-21-10-6-11-23(14-21)41-2/h3-14,22,25-26,28,36-37H,15-18H2,1-2H3,(H,33,39)(H,34,38)/t22-,25+,26-,28+/m1/s1. The van der Waals surface area contributed by atoms with E-state index >= 15 is 0 Å². The molecule has 1 aliphatic rings. The molecular formula is C31H34FN3O6. The number of rotatable bonds is 10. The van der Waals surface area contributed by atoms with Crippen molar-refractivity contribution in [1.29, 1.82) is 0 Å². The Morgan fingerprint density at radius 1 is 1.05 bits per heavy atom. The van der Waals surface area contributed by atoms with Crippen LogP contribution in [0.3, 0.4) is 0 Å². The topological polar surface area (TPSA) is 128 Å². The largest absolute Gasteiger partial charge is 0.508 e. The molecule has 0 bridgehead atoms. The highest BCUT2D eigenvalue weighted by atomic mass is 19.1. The quantitative estimate of drug-likeness (QED) is 0.300. The Hall–Kier alpha value is -4.44. The number of likely N-dealkylation sites (tertiary alicyclic amines) is 1. The van der Waals surface area contributed by atoms with Crippen molar-refractivity contribution in [1.82, 2.24) is 15.5 Å². The van der Waals surface area contributed by atoms with Crippen LogP contribution in [0.2, 0.25) is 0 Å². The third kappa shape index (κ3) is 7.20. The van der Waals surface area contributed by atoms with Gasteiger partial charge >= 0.3 is 0 Å². The predicted molar refractivity (Wildman–Crippen MR) is 150 cm³/mol. The molecule has 0 unspecified atom stereocenters. The van der Waals surface area contributed by atoms with Gasteiger partial charge in [0, 0.05) is 24.1 Å². The minimum Gasteiger partial charge on any atom is -0.508 e. The fraction of sp³-hybridized carbons (Fsp3) is 0.323. The molecule has 0 saturated carbocycles. The number of aliphatic hydroxyl groups excluding tert-OH is 1. The first-order valence-electron chi connectivity index (χ1n) is 13.3. The molecular weight excluding hydrogens is 529 g/mol. The van der Waals surface area contributed by atoms with Crippen molar-refractivity contribution in [3.63, 3.8) is 0 Å². The molecule has 216 valence electrons. The van der Waals surface area contributed by atoms with Gasteiger partial charge in [-0.25, -0.2) is 4.39 Å². The van der Waals surface area contributed by atoms with E-state index in [4.69, 9.17) is 4.74 Å². The summed E-state index contributed by atoms with van der Waals surface area (Å²) < 4.78 is 19.8. The summed E-state index contributed by atoms with van der Waals surface area (Å²) in [5.41, 5.74) is 2.03. The Morgan fingerprint density at radius 2 is 1.76 bits per heavy atom. The van der Waals surface area contributed by atoms with E-state index in [2.05, 4.69) is 10.6 Å². The highest BCUT2D eigenvalue weighted by Gasteiger charge is 2.43. The van der Waals surface area contributed by atoms with Crippen LogP contribution in [0, 0.1) is 6.92 Å². The van der Waals surface area contributed by atoms with E-state index in [0.717, 1.165) is 16.0 Å². The Bertz CT molecular complexity index is 1390. The Morgan fingerprint density at radius 3 is 2.49 bits per heavy atom. The zero-order chi connectivity index (χ0) is 29.5. The van der Waals surface area contributed by atoms with Gasteiger partial charge in [0.2, 0.25) is 5.91 Å². The highest BCUT2D eigenvalue weighted by Crippen LogP contribution is 2.24. The third-order valence-electron chi connectivity index (χ3n) is 7.24. The highest BCUT2D eigenvalue weighted by molar-refractivity contribution is 5.97. The summed E-state index contributed by atoms with van der Waals surface area (Å²) in [7, 11) is 1.53. The molecule has 1 aliphatic heterocycles. The summed E-state index contributed by atoms with van der Waals surface area (Å²) >= 11 is 0. The van der Waals surface area contributed by atoms with Crippen molar-refractivity contribution in [3.8, 4) is 11.5 Å². The molecule has 10 heteroatoms. The van der Waals surface area contributed by atoms with Gasteiger partial charge in [0.25, 0.3) is 11.8 Å². The van der Waals surface area contributed by atoms with Crippen LogP contribution < -0.4 is 15.4 Å². The molecule has 3 aromatic carbocycles. The van der Waals surface area contributed by atoms with E-state index in [9.17, 15) is 29.0 Å². The number of halogens is 1. The number of hydrogen-bond donors (Lipinski definition) is 4. The average molecular weight is 564 g/mol. The summed E-state index contributed by atoms with van der Waals surface area (Å²) in [5, 5.41) is 26.7. The van der Waals surface area contributed by atoms with Gasteiger partial charge in [-0.15, -0.1) is 0 Å². The summed E-state index contributed by atoms with van der Waals surface area (Å²) in [6.45, 7) is 1.37. The van der Waals surface area contributed by atoms with E-state index in [-0.39, 0.29) is 37.2 Å². The first-order chi connectivity index (χ1) is 19.7. The van der Waals surface area contributed by atoms with Gasteiger partial charge in [0.1, 0.15) is 23.7 Å².